The summed E-state index contributed by atoms with van der Waals surface area (Å²) in [6.07, 6.45) is 0. The molecule has 6 nitrogen and oxygen atoms in total. The van der Waals surface area contributed by atoms with E-state index < -0.39 is 8.07 Å². The molecule has 2 aromatic heterocycles. The molecule has 0 saturated carbocycles. The van der Waals surface area contributed by atoms with Crippen molar-refractivity contribution in [1.29, 1.82) is 5.26 Å². The number of hydrogen-bond donors (Lipinski definition) is 0. The van der Waals surface area contributed by atoms with Crippen LogP contribution < -0.4 is 20.2 Å². The Bertz CT molecular complexity index is 3750. The molecule has 2 heterocycles. The maximum Gasteiger partial charge on any atom is 0.187 e. The second kappa shape index (κ2) is 17.6. The molecule has 12 rings (SSSR count). The summed E-state index contributed by atoms with van der Waals surface area (Å²) >= 11 is 0. The normalized spacial score (nSPS) is 11.5. The average molecular weight is 927 g/mol. The fourth-order valence-corrected chi connectivity index (χ4v) is 12.7. The Morgan fingerprint density at radius 1 is 0.394 bits per heavy atom. The number of nitriles is 1. The third kappa shape index (κ3) is 7.50. The molecule has 336 valence electrons. The minimum absolute atomic E-state index is 0.609. The molecule has 0 radical (unpaired) electrons. The molecule has 0 bridgehead atoms. The van der Waals surface area contributed by atoms with Gasteiger partial charge in [0.15, 0.2) is 5.69 Å². The van der Waals surface area contributed by atoms with Crippen LogP contribution in [0.2, 0.25) is 13.1 Å². The van der Waals surface area contributed by atoms with Crippen molar-refractivity contribution in [3.8, 4) is 17.4 Å². The Hall–Kier alpha value is -9.40. The fourth-order valence-electron chi connectivity index (χ4n) is 10.4. The van der Waals surface area contributed by atoms with Crippen LogP contribution in [-0.4, -0.2) is 17.2 Å². The average Bonchev–Trinajstić information content (AvgIpc) is 3.94. The van der Waals surface area contributed by atoms with E-state index in [4.69, 9.17) is 6.57 Å². The second-order valence-corrected chi connectivity index (χ2v) is 22.9. The minimum Gasteiger partial charge on any atom is -0.311 e. The van der Waals surface area contributed by atoms with Crippen LogP contribution >= 0.6 is 0 Å². The molecule has 0 aliphatic heterocycles. The largest absolute Gasteiger partial charge is 0.311 e. The predicted molar refractivity (Wildman–Crippen MR) is 299 cm³/mol. The first kappa shape index (κ1) is 42.9. The molecule has 0 unspecified atom stereocenters. The first-order valence-electron chi connectivity index (χ1n) is 23.8. The lowest BCUT2D eigenvalue weighted by atomic mass is 10.1. The second-order valence-electron chi connectivity index (χ2n) is 18.5. The zero-order valence-electron chi connectivity index (χ0n) is 39.3. The molecule has 0 aliphatic carbocycles. The van der Waals surface area contributed by atoms with Gasteiger partial charge in [-0.3, -0.25) is 0 Å². The maximum atomic E-state index is 9.71. The van der Waals surface area contributed by atoms with Crippen molar-refractivity contribution in [3.05, 3.63) is 260 Å². The van der Waals surface area contributed by atoms with Crippen molar-refractivity contribution in [2.75, 3.05) is 9.80 Å². The van der Waals surface area contributed by atoms with Gasteiger partial charge in [-0.05, 0) is 133 Å². The number of hydrogen-bond acceptors (Lipinski definition) is 3. The van der Waals surface area contributed by atoms with Gasteiger partial charge in [0, 0.05) is 67.0 Å². The molecule has 71 heavy (non-hydrogen) atoms. The highest BCUT2D eigenvalue weighted by Gasteiger charge is 2.28. The number of nitrogens with zero attached hydrogens (tertiary/aromatic N) is 6. The number of benzene rings is 10. The number of fused-ring (bicyclic) bond motifs is 6. The molecular weight excluding hydrogens is 881 g/mol. The van der Waals surface area contributed by atoms with E-state index in [0.29, 0.717) is 11.3 Å². The lowest BCUT2D eigenvalue weighted by Crippen LogP contribution is -2.52. The van der Waals surface area contributed by atoms with E-state index in [9.17, 15) is 5.26 Å². The Balaban J connectivity index is 0.904. The SMILES string of the molecule is [C-]#[N+]c1ccc(N(c2ccc([Si](C)(C)c3ccc(N(c4ccc(C#N)cc4)c4ccc5c(c4)c4ccccc4n5-c4ccccc4)cc3)cc2)c2ccc3c(c2)c2ccccc2n3-c2ccccc2)cc1. The summed E-state index contributed by atoms with van der Waals surface area (Å²) in [7, 11) is -2.22. The first-order chi connectivity index (χ1) is 34.9. The number of anilines is 6. The highest BCUT2D eigenvalue weighted by molar-refractivity contribution is 7.00. The van der Waals surface area contributed by atoms with Gasteiger partial charge in [0.25, 0.3) is 0 Å². The standard InChI is InChI=1S/C64H46N6Si/c1-66-46-24-28-50(29-25-46)68(54-35-41-64-60(43-54)58-19-11-13-21-62(58)70(64)48-16-8-5-9-17-48)52-32-38-56(39-33-52)71(2,3)55-36-30-51(31-37-55)67(49-26-22-45(44-65)23-27-49)53-34-40-63-59(42-53)57-18-10-12-20-61(57)69(63)47-14-6-4-7-15-47/h4-43H,2-3H3. The molecule has 0 amide bonds. The smallest absolute Gasteiger partial charge is 0.187 e. The van der Waals surface area contributed by atoms with Crippen LogP contribution in [0.5, 0.6) is 0 Å². The molecule has 0 aliphatic rings. The molecule has 0 atom stereocenters. The van der Waals surface area contributed by atoms with Crippen LogP contribution in [-0.2, 0) is 0 Å². The number of rotatable bonds is 10. The summed E-state index contributed by atoms with van der Waals surface area (Å²) < 4.78 is 4.68. The fraction of sp³-hybridized carbons (Fsp3) is 0.0312. The van der Waals surface area contributed by atoms with Crippen LogP contribution in [0.3, 0.4) is 0 Å². The maximum absolute atomic E-state index is 9.71. The topological polar surface area (TPSA) is 44.5 Å². The van der Waals surface area contributed by atoms with E-state index in [2.05, 4.69) is 237 Å². The third-order valence-corrected chi connectivity index (χ3v) is 17.6. The van der Waals surface area contributed by atoms with Crippen LogP contribution in [0.15, 0.2) is 243 Å². The van der Waals surface area contributed by atoms with Gasteiger partial charge in [-0.25, -0.2) is 4.85 Å². The Kier molecular flexibility index (Phi) is 10.6. The van der Waals surface area contributed by atoms with Crippen LogP contribution in [0.4, 0.5) is 39.8 Å². The first-order valence-corrected chi connectivity index (χ1v) is 26.8. The van der Waals surface area contributed by atoms with E-state index >= 15 is 0 Å². The highest BCUT2D eigenvalue weighted by Crippen LogP contribution is 2.42. The quantitative estimate of drug-likeness (QED) is 0.101. The third-order valence-electron chi connectivity index (χ3n) is 14.0. The van der Waals surface area contributed by atoms with Gasteiger partial charge in [-0.2, -0.15) is 5.26 Å². The molecule has 10 aromatic carbocycles. The molecule has 7 heteroatoms. The van der Waals surface area contributed by atoms with Crippen LogP contribution in [0.1, 0.15) is 5.56 Å². The van der Waals surface area contributed by atoms with E-state index in [0.717, 1.165) is 67.6 Å². The Morgan fingerprint density at radius 2 is 0.746 bits per heavy atom. The van der Waals surface area contributed by atoms with Crippen molar-refractivity contribution in [3.63, 3.8) is 0 Å². The van der Waals surface area contributed by atoms with E-state index in [1.165, 1.54) is 31.9 Å². The monoisotopic (exact) mass is 926 g/mol. The summed E-state index contributed by atoms with van der Waals surface area (Å²) in [6, 6.07) is 88.0. The molecule has 0 N–H and O–H groups in total. The lowest BCUT2D eigenvalue weighted by molar-refractivity contribution is 1.18. The molecular formula is C64H46N6Si. The predicted octanol–water partition coefficient (Wildman–Crippen LogP) is 16.1. The van der Waals surface area contributed by atoms with Gasteiger partial charge in [0.2, 0.25) is 0 Å². The van der Waals surface area contributed by atoms with Gasteiger partial charge < -0.3 is 18.9 Å². The Labute approximate surface area is 414 Å². The van der Waals surface area contributed by atoms with Crippen LogP contribution in [0.25, 0.3) is 59.8 Å². The highest BCUT2D eigenvalue weighted by atomic mass is 28.3. The summed E-state index contributed by atoms with van der Waals surface area (Å²) in [4.78, 5) is 8.28. The summed E-state index contributed by atoms with van der Waals surface area (Å²) in [5.74, 6) is 0. The minimum atomic E-state index is -2.22. The molecule has 0 saturated heterocycles. The Morgan fingerprint density at radius 3 is 1.15 bits per heavy atom. The van der Waals surface area contributed by atoms with Gasteiger partial charge in [-0.15, -0.1) is 0 Å². The van der Waals surface area contributed by atoms with Crippen molar-refractivity contribution in [1.82, 2.24) is 9.13 Å². The van der Waals surface area contributed by atoms with Crippen molar-refractivity contribution in [2.45, 2.75) is 13.1 Å². The van der Waals surface area contributed by atoms with E-state index in [1.54, 1.807) is 0 Å². The van der Waals surface area contributed by atoms with Crippen molar-refractivity contribution >= 4 is 102 Å². The summed E-state index contributed by atoms with van der Waals surface area (Å²) in [6.45, 7) is 12.5. The van der Waals surface area contributed by atoms with Crippen molar-refractivity contribution in [2.24, 2.45) is 0 Å². The number of aromatic nitrogens is 2. The van der Waals surface area contributed by atoms with Crippen molar-refractivity contribution < 1.29 is 0 Å². The van der Waals surface area contributed by atoms with E-state index in [1.807, 2.05) is 48.5 Å². The van der Waals surface area contributed by atoms with Crippen LogP contribution in [0, 0.1) is 17.9 Å². The number of para-hydroxylation sites is 4. The summed E-state index contributed by atoms with van der Waals surface area (Å²) in [5, 5.41) is 17.1. The van der Waals surface area contributed by atoms with E-state index in [-0.39, 0.29) is 0 Å². The zero-order valence-corrected chi connectivity index (χ0v) is 40.3. The van der Waals surface area contributed by atoms with Gasteiger partial charge in [0.1, 0.15) is 8.07 Å². The lowest BCUT2D eigenvalue weighted by Gasteiger charge is -2.29. The molecule has 0 spiro atoms. The molecule has 12 aromatic rings. The zero-order chi connectivity index (χ0) is 48.1. The van der Waals surface area contributed by atoms with Gasteiger partial charge in [-0.1, -0.05) is 133 Å². The van der Waals surface area contributed by atoms with Gasteiger partial charge >= 0.3 is 0 Å². The summed E-state index contributed by atoms with van der Waals surface area (Å²) in [5.41, 5.74) is 14.2. The molecule has 0 fully saturated rings. The van der Waals surface area contributed by atoms with Gasteiger partial charge in [0.05, 0.1) is 40.3 Å².